The van der Waals surface area contributed by atoms with Gasteiger partial charge in [-0.15, -0.1) is 20.4 Å². The Morgan fingerprint density at radius 2 is 1.02 bits per heavy atom. The lowest BCUT2D eigenvalue weighted by Gasteiger charge is -2.27. The molecule has 0 aliphatic rings. The van der Waals surface area contributed by atoms with Gasteiger partial charge in [-0.05, 0) is 0 Å². The molecule has 2 N–H and O–H groups in total. The molecule has 1 aromatic carbocycles. The Labute approximate surface area is 285 Å². The fraction of sp³-hybridized carbons (Fsp3) is 0.733. The zero-order chi connectivity index (χ0) is 34.3. The number of rotatable bonds is 33. The van der Waals surface area contributed by atoms with Crippen LogP contribution in [0.2, 0.25) is 0 Å². The van der Waals surface area contributed by atoms with Gasteiger partial charge >= 0.3 is 0 Å². The van der Waals surface area contributed by atoms with Crippen LogP contribution in [-0.2, 0) is 37.9 Å². The molecule has 0 spiro atoms. The van der Waals surface area contributed by atoms with E-state index in [1.165, 1.54) is 11.3 Å². The molecular formula is C30H51N5O12S. The number of hydrogen-bond donors (Lipinski definition) is 2. The number of aliphatic hydroxyl groups is 2. The zero-order valence-corrected chi connectivity index (χ0v) is 28.8. The molecule has 0 saturated heterocycles. The molecule has 0 unspecified atom stereocenters. The Bertz CT molecular complexity index is 1030. The molecule has 17 nitrogen and oxygen atoms in total. The van der Waals surface area contributed by atoms with Crippen LogP contribution in [0.3, 0.4) is 0 Å². The van der Waals surface area contributed by atoms with Gasteiger partial charge in [0.2, 0.25) is 0 Å². The number of aromatic nitrogens is 2. The van der Waals surface area contributed by atoms with Crippen molar-refractivity contribution in [1.29, 1.82) is 0 Å². The summed E-state index contributed by atoms with van der Waals surface area (Å²) in [5.41, 5.74) is 2.85. The first-order valence-corrected chi connectivity index (χ1v) is 16.6. The van der Waals surface area contributed by atoms with Crippen LogP contribution in [0, 0.1) is 0 Å². The molecule has 0 amide bonds. The highest BCUT2D eigenvalue weighted by Crippen LogP contribution is 2.40. The van der Waals surface area contributed by atoms with E-state index in [4.69, 9.17) is 57.6 Å². The lowest BCUT2D eigenvalue weighted by molar-refractivity contribution is -0.00592. The van der Waals surface area contributed by atoms with E-state index >= 15 is 0 Å². The predicted octanol–water partition coefficient (Wildman–Crippen LogP) is 1.89. The molecule has 0 bridgehead atoms. The third-order valence-corrected chi connectivity index (χ3v) is 6.70. The summed E-state index contributed by atoms with van der Waals surface area (Å²) in [6.45, 7) is 7.85. The van der Waals surface area contributed by atoms with E-state index < -0.39 is 0 Å². The molecule has 0 aliphatic heterocycles. The van der Waals surface area contributed by atoms with Crippen molar-refractivity contribution in [2.75, 3.05) is 151 Å². The van der Waals surface area contributed by atoms with Crippen molar-refractivity contribution < 1.29 is 57.6 Å². The minimum absolute atomic E-state index is 0.000237. The van der Waals surface area contributed by atoms with Crippen LogP contribution in [0.25, 0.3) is 0 Å². The highest BCUT2D eigenvalue weighted by molar-refractivity contribution is 7.13. The number of aliphatic hydroxyl groups excluding tert-OH is 2. The zero-order valence-electron chi connectivity index (χ0n) is 28.0. The van der Waals surface area contributed by atoms with Crippen molar-refractivity contribution in [2.24, 2.45) is 10.2 Å². The van der Waals surface area contributed by atoms with E-state index in [2.05, 4.69) is 25.3 Å². The third-order valence-electron chi connectivity index (χ3n) is 6.13. The number of azo groups is 1. The molecule has 1 aromatic heterocycles. The normalized spacial score (nSPS) is 11.5. The molecule has 0 fully saturated rings. The molecule has 48 heavy (non-hydrogen) atoms. The standard InChI is InChI=1S/C30H51N5O12S/c1-38-28-24-27(29(39-2)23-26(28)32-34-30-33-31-25-48-30)35(3-7-40-11-15-44-19-21-46-17-13-42-9-5-36)4-8-41-12-16-45-20-22-47-18-14-43-10-6-37/h23-25,36-37H,3-22H2,1-2H3. The van der Waals surface area contributed by atoms with Gasteiger partial charge in [0.25, 0.3) is 5.13 Å². The van der Waals surface area contributed by atoms with Gasteiger partial charge in [-0.25, -0.2) is 0 Å². The predicted molar refractivity (Wildman–Crippen MR) is 177 cm³/mol. The van der Waals surface area contributed by atoms with E-state index in [9.17, 15) is 0 Å². The van der Waals surface area contributed by atoms with E-state index in [-0.39, 0.29) is 13.2 Å². The van der Waals surface area contributed by atoms with Crippen LogP contribution >= 0.6 is 11.3 Å². The second-order valence-corrected chi connectivity index (χ2v) is 10.3. The van der Waals surface area contributed by atoms with E-state index in [0.717, 1.165) is 5.69 Å². The molecule has 0 atom stereocenters. The minimum Gasteiger partial charge on any atom is -0.494 e. The summed E-state index contributed by atoms with van der Waals surface area (Å²) in [6, 6.07) is 3.61. The van der Waals surface area contributed by atoms with Crippen molar-refractivity contribution in [1.82, 2.24) is 10.2 Å². The average molecular weight is 706 g/mol. The second-order valence-electron chi connectivity index (χ2n) is 9.45. The Hall–Kier alpha value is -2.62. The summed E-state index contributed by atoms with van der Waals surface area (Å²) >= 11 is 1.27. The number of hydrogen-bond acceptors (Lipinski definition) is 18. The Kier molecular flexibility index (Phi) is 25.4. The summed E-state index contributed by atoms with van der Waals surface area (Å²) in [7, 11) is 3.16. The molecular weight excluding hydrogens is 654 g/mol. The number of ether oxygens (including phenoxy) is 10. The maximum absolute atomic E-state index is 8.69. The van der Waals surface area contributed by atoms with Crippen molar-refractivity contribution in [3.05, 3.63) is 17.6 Å². The SMILES string of the molecule is COc1cc(N(CCOCCOCCOCCOCCO)CCOCCOCCOCCOCCO)c(OC)cc1N=Nc1nncs1. The summed E-state index contributed by atoms with van der Waals surface area (Å²) < 4.78 is 55.3. The molecule has 274 valence electrons. The Morgan fingerprint density at radius 3 is 1.42 bits per heavy atom. The average Bonchev–Trinajstić information content (AvgIpc) is 3.64. The summed E-state index contributed by atoms with van der Waals surface area (Å²) in [5, 5.41) is 33.9. The molecule has 1 heterocycles. The van der Waals surface area contributed by atoms with E-state index in [1.54, 1.807) is 25.8 Å². The number of methoxy groups -OCH3 is 2. The molecule has 18 heteroatoms. The lowest BCUT2D eigenvalue weighted by Crippen LogP contribution is -2.32. The monoisotopic (exact) mass is 705 g/mol. The highest BCUT2D eigenvalue weighted by Gasteiger charge is 2.17. The summed E-state index contributed by atoms with van der Waals surface area (Å²) in [5.74, 6) is 1.09. The summed E-state index contributed by atoms with van der Waals surface area (Å²) in [6.07, 6.45) is 0. The first-order valence-electron chi connectivity index (χ1n) is 15.8. The van der Waals surface area contributed by atoms with Crippen LogP contribution in [0.4, 0.5) is 16.5 Å². The Balaban J connectivity index is 1.83. The van der Waals surface area contributed by atoms with Gasteiger partial charge in [0, 0.05) is 25.2 Å². The topological polar surface area (TPSA) is 186 Å². The first kappa shape index (κ1) is 41.6. The van der Waals surface area contributed by atoms with Gasteiger partial charge < -0.3 is 62.5 Å². The highest BCUT2D eigenvalue weighted by atomic mass is 32.1. The van der Waals surface area contributed by atoms with Crippen LogP contribution in [0.5, 0.6) is 11.5 Å². The number of nitrogens with zero attached hydrogens (tertiary/aromatic N) is 5. The largest absolute Gasteiger partial charge is 0.494 e. The maximum Gasteiger partial charge on any atom is 0.251 e. The van der Waals surface area contributed by atoms with Crippen LogP contribution in [0.1, 0.15) is 0 Å². The molecule has 0 radical (unpaired) electrons. The lowest BCUT2D eigenvalue weighted by atomic mass is 10.2. The van der Waals surface area contributed by atoms with Gasteiger partial charge in [-0.3, -0.25) is 0 Å². The van der Waals surface area contributed by atoms with Crippen LogP contribution in [0.15, 0.2) is 27.9 Å². The molecule has 0 aliphatic carbocycles. The fourth-order valence-electron chi connectivity index (χ4n) is 3.85. The van der Waals surface area contributed by atoms with Crippen molar-refractivity contribution in [3.63, 3.8) is 0 Å². The van der Waals surface area contributed by atoms with Crippen molar-refractivity contribution in [2.45, 2.75) is 0 Å². The molecule has 0 saturated carbocycles. The van der Waals surface area contributed by atoms with E-state index in [0.29, 0.717) is 141 Å². The van der Waals surface area contributed by atoms with Gasteiger partial charge in [0.05, 0.1) is 139 Å². The van der Waals surface area contributed by atoms with Crippen LogP contribution in [-0.4, -0.2) is 167 Å². The first-order chi connectivity index (χ1) is 23.7. The van der Waals surface area contributed by atoms with Crippen molar-refractivity contribution in [3.8, 4) is 11.5 Å². The Morgan fingerprint density at radius 1 is 0.583 bits per heavy atom. The van der Waals surface area contributed by atoms with E-state index in [1.807, 2.05) is 6.07 Å². The maximum atomic E-state index is 8.69. The van der Waals surface area contributed by atoms with Gasteiger partial charge in [-0.1, -0.05) is 11.3 Å². The van der Waals surface area contributed by atoms with Gasteiger partial charge in [-0.2, -0.15) is 0 Å². The smallest absolute Gasteiger partial charge is 0.251 e. The fourth-order valence-corrected chi connectivity index (χ4v) is 4.22. The van der Waals surface area contributed by atoms with Gasteiger partial charge in [0.1, 0.15) is 22.7 Å². The quantitative estimate of drug-likeness (QED) is 0.0809. The van der Waals surface area contributed by atoms with Gasteiger partial charge in [0.15, 0.2) is 0 Å². The summed E-state index contributed by atoms with van der Waals surface area (Å²) in [4.78, 5) is 2.09. The van der Waals surface area contributed by atoms with Crippen LogP contribution < -0.4 is 14.4 Å². The minimum atomic E-state index is 0.000237. The van der Waals surface area contributed by atoms with Crippen molar-refractivity contribution >= 4 is 27.8 Å². The second kappa shape index (κ2) is 29.3. The molecule has 2 rings (SSSR count). The number of benzene rings is 1. The third kappa shape index (κ3) is 19.4. The molecule has 2 aromatic rings. The number of anilines is 1.